The van der Waals surface area contributed by atoms with Crippen LogP contribution >= 0.6 is 11.3 Å². The molecule has 2 nitrogen and oxygen atoms in total. The van der Waals surface area contributed by atoms with E-state index in [0.717, 1.165) is 19.8 Å². The Morgan fingerprint density at radius 1 is 1.12 bits per heavy atom. The van der Waals surface area contributed by atoms with Gasteiger partial charge in [-0.3, -0.25) is 0 Å². The minimum atomic E-state index is 0.553. The Hall–Kier alpha value is -1.16. The van der Waals surface area contributed by atoms with E-state index in [0.29, 0.717) is 6.04 Å². The van der Waals surface area contributed by atoms with Gasteiger partial charge in [0.1, 0.15) is 0 Å². The second-order valence-corrected chi connectivity index (χ2v) is 5.42. The molecule has 1 aromatic heterocycles. The van der Waals surface area contributed by atoms with E-state index in [4.69, 9.17) is 4.74 Å². The van der Waals surface area contributed by atoms with Crippen molar-refractivity contribution in [3.63, 3.8) is 0 Å². The van der Waals surface area contributed by atoms with Crippen LogP contribution in [0.4, 0.5) is 0 Å². The maximum Gasteiger partial charge on any atom is 0.0643 e. The zero-order valence-corrected chi connectivity index (χ0v) is 10.4. The van der Waals surface area contributed by atoms with E-state index in [2.05, 4.69) is 47.8 Å². The van der Waals surface area contributed by atoms with Gasteiger partial charge < -0.3 is 10.1 Å². The summed E-state index contributed by atoms with van der Waals surface area (Å²) in [6, 6.07) is 15.5. The molecule has 1 saturated heterocycles. The van der Waals surface area contributed by atoms with Gasteiger partial charge in [-0.15, -0.1) is 11.3 Å². The predicted molar refractivity (Wildman–Crippen MR) is 71.2 cm³/mol. The summed E-state index contributed by atoms with van der Waals surface area (Å²) in [5, 5.41) is 3.49. The van der Waals surface area contributed by atoms with Crippen LogP contribution in [0.25, 0.3) is 10.4 Å². The molecule has 2 heterocycles. The van der Waals surface area contributed by atoms with Crippen molar-refractivity contribution < 1.29 is 4.74 Å². The van der Waals surface area contributed by atoms with Crippen molar-refractivity contribution in [2.24, 2.45) is 0 Å². The Morgan fingerprint density at radius 3 is 2.65 bits per heavy atom. The summed E-state index contributed by atoms with van der Waals surface area (Å²) < 4.78 is 5.14. The van der Waals surface area contributed by atoms with Crippen LogP contribution in [0.15, 0.2) is 42.5 Å². The Labute approximate surface area is 105 Å². The first-order valence-electron chi connectivity index (χ1n) is 5.87. The van der Waals surface area contributed by atoms with E-state index < -0.39 is 0 Å². The predicted octanol–water partition coefficient (Wildman–Crippen LogP) is 2.90. The van der Waals surface area contributed by atoms with Gasteiger partial charge in [-0.25, -0.2) is 0 Å². The van der Waals surface area contributed by atoms with Crippen molar-refractivity contribution in [2.45, 2.75) is 12.6 Å². The molecule has 2 aromatic rings. The van der Waals surface area contributed by atoms with Crippen LogP contribution in [-0.2, 0) is 11.3 Å². The number of thiophene rings is 1. The molecule has 0 spiro atoms. The lowest BCUT2D eigenvalue weighted by Crippen LogP contribution is -2.45. The van der Waals surface area contributed by atoms with Gasteiger partial charge in [0.2, 0.25) is 0 Å². The first-order valence-corrected chi connectivity index (χ1v) is 6.69. The van der Waals surface area contributed by atoms with Crippen molar-refractivity contribution in [3.05, 3.63) is 47.3 Å². The van der Waals surface area contributed by atoms with Crippen LogP contribution in [-0.4, -0.2) is 19.3 Å². The molecule has 3 heteroatoms. The molecule has 0 radical (unpaired) electrons. The van der Waals surface area contributed by atoms with Gasteiger partial charge in [-0.2, -0.15) is 0 Å². The normalized spacial score (nSPS) is 15.8. The molecular weight excluding hydrogens is 230 g/mol. The fraction of sp³-hybridized carbons (Fsp3) is 0.286. The zero-order valence-electron chi connectivity index (χ0n) is 9.56. The monoisotopic (exact) mass is 245 g/mol. The third-order valence-corrected chi connectivity index (χ3v) is 4.06. The molecular formula is C14H15NOS. The number of nitrogens with one attached hydrogen (secondary N) is 1. The SMILES string of the molecule is c1ccc(-c2ccc(CNC3COC3)s2)cc1. The van der Waals surface area contributed by atoms with E-state index >= 15 is 0 Å². The smallest absolute Gasteiger partial charge is 0.0643 e. The van der Waals surface area contributed by atoms with E-state index in [1.165, 1.54) is 15.3 Å². The zero-order chi connectivity index (χ0) is 11.5. The van der Waals surface area contributed by atoms with Crippen LogP contribution in [0.3, 0.4) is 0 Å². The number of hydrogen-bond donors (Lipinski definition) is 1. The molecule has 3 rings (SSSR count). The average Bonchev–Trinajstić information content (AvgIpc) is 2.77. The van der Waals surface area contributed by atoms with Gasteiger partial charge in [0.25, 0.3) is 0 Å². The molecule has 1 fully saturated rings. The molecule has 88 valence electrons. The third-order valence-electron chi connectivity index (χ3n) is 2.92. The van der Waals surface area contributed by atoms with Crippen LogP contribution in [0.1, 0.15) is 4.88 Å². The minimum absolute atomic E-state index is 0.553. The van der Waals surface area contributed by atoms with Gasteiger partial charge in [0.15, 0.2) is 0 Å². The van der Waals surface area contributed by atoms with Crippen molar-refractivity contribution in [2.75, 3.05) is 13.2 Å². The second kappa shape index (κ2) is 5.00. The summed E-state index contributed by atoms with van der Waals surface area (Å²) in [6.07, 6.45) is 0. The Bertz CT molecular complexity index is 476. The van der Waals surface area contributed by atoms with Gasteiger partial charge in [0.05, 0.1) is 19.3 Å². The highest BCUT2D eigenvalue weighted by Gasteiger charge is 2.17. The number of benzene rings is 1. The summed E-state index contributed by atoms with van der Waals surface area (Å²) in [6.45, 7) is 2.67. The van der Waals surface area contributed by atoms with Crippen molar-refractivity contribution in [1.82, 2.24) is 5.32 Å². The van der Waals surface area contributed by atoms with E-state index in [-0.39, 0.29) is 0 Å². The largest absolute Gasteiger partial charge is 0.378 e. The molecule has 17 heavy (non-hydrogen) atoms. The molecule has 1 N–H and O–H groups in total. The van der Waals surface area contributed by atoms with Crippen molar-refractivity contribution >= 4 is 11.3 Å². The first-order chi connectivity index (χ1) is 8.42. The van der Waals surface area contributed by atoms with Gasteiger partial charge in [-0.1, -0.05) is 30.3 Å². The summed E-state index contributed by atoms with van der Waals surface area (Å²) >= 11 is 1.86. The Balaban J connectivity index is 1.65. The molecule has 1 aromatic carbocycles. The molecule has 0 amide bonds. The lowest BCUT2D eigenvalue weighted by Gasteiger charge is -2.26. The van der Waals surface area contributed by atoms with E-state index in [1.54, 1.807) is 0 Å². The van der Waals surface area contributed by atoms with Crippen LogP contribution in [0, 0.1) is 0 Å². The minimum Gasteiger partial charge on any atom is -0.378 e. The van der Waals surface area contributed by atoms with Crippen LogP contribution in [0.5, 0.6) is 0 Å². The molecule has 0 aliphatic carbocycles. The standard InChI is InChI=1S/C14H15NOS/c1-2-4-11(5-3-1)14-7-6-13(17-14)8-15-12-9-16-10-12/h1-7,12,15H,8-10H2. The van der Waals surface area contributed by atoms with E-state index in [9.17, 15) is 0 Å². The number of rotatable bonds is 4. The first kappa shape index (κ1) is 11.0. The second-order valence-electron chi connectivity index (χ2n) is 4.25. The van der Waals surface area contributed by atoms with Gasteiger partial charge >= 0.3 is 0 Å². The molecule has 0 atom stereocenters. The maximum atomic E-state index is 5.14. The highest BCUT2D eigenvalue weighted by molar-refractivity contribution is 7.15. The molecule has 0 bridgehead atoms. The van der Waals surface area contributed by atoms with Crippen molar-refractivity contribution in [3.8, 4) is 10.4 Å². The Kier molecular flexibility index (Phi) is 3.22. The van der Waals surface area contributed by atoms with Crippen molar-refractivity contribution in [1.29, 1.82) is 0 Å². The maximum absolute atomic E-state index is 5.14. The van der Waals surface area contributed by atoms with Crippen LogP contribution < -0.4 is 5.32 Å². The topological polar surface area (TPSA) is 21.3 Å². The lowest BCUT2D eigenvalue weighted by atomic mass is 10.2. The summed E-state index contributed by atoms with van der Waals surface area (Å²) in [5.74, 6) is 0. The lowest BCUT2D eigenvalue weighted by molar-refractivity contribution is -0.00567. The summed E-state index contributed by atoms with van der Waals surface area (Å²) in [5.41, 5.74) is 1.30. The highest BCUT2D eigenvalue weighted by Crippen LogP contribution is 2.27. The molecule has 0 saturated carbocycles. The fourth-order valence-electron chi connectivity index (χ4n) is 1.83. The highest BCUT2D eigenvalue weighted by atomic mass is 32.1. The van der Waals surface area contributed by atoms with E-state index in [1.807, 2.05) is 11.3 Å². The summed E-state index contributed by atoms with van der Waals surface area (Å²) in [4.78, 5) is 2.73. The number of hydrogen-bond acceptors (Lipinski definition) is 3. The molecule has 0 unspecified atom stereocenters. The third kappa shape index (κ3) is 2.57. The fourth-order valence-corrected chi connectivity index (χ4v) is 2.79. The average molecular weight is 245 g/mol. The number of ether oxygens (including phenoxy) is 1. The van der Waals surface area contributed by atoms with Crippen LogP contribution in [0.2, 0.25) is 0 Å². The van der Waals surface area contributed by atoms with Gasteiger partial charge in [0, 0.05) is 16.3 Å². The van der Waals surface area contributed by atoms with Gasteiger partial charge in [-0.05, 0) is 17.7 Å². The quantitative estimate of drug-likeness (QED) is 0.894. The Morgan fingerprint density at radius 2 is 1.94 bits per heavy atom. The molecule has 1 aliphatic heterocycles. The summed E-state index contributed by atoms with van der Waals surface area (Å²) in [7, 11) is 0. The molecule has 1 aliphatic rings.